The van der Waals surface area contributed by atoms with Crippen molar-refractivity contribution < 1.29 is 4.74 Å². The smallest absolute Gasteiger partial charge is 0.127 e. The molecule has 0 atom stereocenters. The summed E-state index contributed by atoms with van der Waals surface area (Å²) in [6.07, 6.45) is 9.09. The first kappa shape index (κ1) is 25.0. The highest BCUT2D eigenvalue weighted by atomic mass is 16.5. The molecule has 0 saturated heterocycles. The fourth-order valence-corrected chi connectivity index (χ4v) is 4.54. The van der Waals surface area contributed by atoms with Gasteiger partial charge in [0, 0.05) is 36.5 Å². The predicted molar refractivity (Wildman–Crippen MR) is 140 cm³/mol. The van der Waals surface area contributed by atoms with Gasteiger partial charge in [0.2, 0.25) is 0 Å². The van der Waals surface area contributed by atoms with Gasteiger partial charge in [0.15, 0.2) is 0 Å². The Balaban J connectivity index is 1.86. The van der Waals surface area contributed by atoms with Crippen molar-refractivity contribution in [3.05, 3.63) is 83.0 Å². The molecule has 0 aliphatic heterocycles. The summed E-state index contributed by atoms with van der Waals surface area (Å²) in [5.74, 6) is 0.930. The number of nitrogens with zero attached hydrogens (tertiary/aromatic N) is 2. The van der Waals surface area contributed by atoms with E-state index in [-0.39, 0.29) is 0 Å². The minimum Gasteiger partial charge on any atom is -0.496 e. The molecule has 0 unspecified atom stereocenters. The fraction of sp³-hybridized carbons (Fsp3) is 0.433. The first-order chi connectivity index (χ1) is 16.2. The van der Waals surface area contributed by atoms with Crippen LogP contribution in [0.3, 0.4) is 0 Å². The molecule has 176 valence electrons. The molecule has 0 aliphatic rings. The summed E-state index contributed by atoms with van der Waals surface area (Å²) < 4.78 is 5.88. The predicted octanol–water partition coefficient (Wildman–Crippen LogP) is 7.46. The zero-order valence-electron chi connectivity index (χ0n) is 20.9. The Bertz CT molecular complexity index is 962. The fourth-order valence-electron chi connectivity index (χ4n) is 4.54. The molecule has 3 nitrogen and oxygen atoms in total. The van der Waals surface area contributed by atoms with Gasteiger partial charge in [-0.05, 0) is 42.5 Å². The standard InChI is InChI=1S/C30H40N2O/c1-5-8-9-13-19-32(22-24-15-11-10-12-16-24)23-27-21-31-28(20-29(27)33-4)30-25(6-2)17-14-18-26(30)7-3/h10-12,14-18,20-21H,5-9,13,19,22-23H2,1-4H3. The molecule has 0 saturated carbocycles. The lowest BCUT2D eigenvalue weighted by atomic mass is 9.94. The van der Waals surface area contributed by atoms with Crippen molar-refractivity contribution >= 4 is 0 Å². The number of aryl methyl sites for hydroxylation is 2. The molecule has 0 N–H and O–H groups in total. The highest BCUT2D eigenvalue weighted by Crippen LogP contribution is 2.32. The van der Waals surface area contributed by atoms with Crippen LogP contribution in [0.15, 0.2) is 60.8 Å². The van der Waals surface area contributed by atoms with E-state index in [9.17, 15) is 0 Å². The average Bonchev–Trinajstić information content (AvgIpc) is 2.86. The lowest BCUT2D eigenvalue weighted by molar-refractivity contribution is 0.246. The van der Waals surface area contributed by atoms with Crippen molar-refractivity contribution in [1.29, 1.82) is 0 Å². The SMILES string of the molecule is CCCCCCN(Cc1ccccc1)Cc1cnc(-c2c(CC)cccc2CC)cc1OC. The van der Waals surface area contributed by atoms with Crippen molar-refractivity contribution in [2.75, 3.05) is 13.7 Å². The molecule has 0 fully saturated rings. The average molecular weight is 445 g/mol. The van der Waals surface area contributed by atoms with E-state index in [0.29, 0.717) is 0 Å². The summed E-state index contributed by atoms with van der Waals surface area (Å²) in [7, 11) is 1.78. The number of hydrogen-bond donors (Lipinski definition) is 0. The summed E-state index contributed by atoms with van der Waals surface area (Å²) in [5, 5.41) is 0. The van der Waals surface area contributed by atoms with Gasteiger partial charge in [-0.15, -0.1) is 0 Å². The first-order valence-corrected chi connectivity index (χ1v) is 12.6. The van der Waals surface area contributed by atoms with Crippen molar-refractivity contribution in [3.63, 3.8) is 0 Å². The van der Waals surface area contributed by atoms with Crippen LogP contribution in [-0.4, -0.2) is 23.5 Å². The number of rotatable bonds is 13. The van der Waals surface area contributed by atoms with Gasteiger partial charge in [-0.1, -0.05) is 88.6 Å². The van der Waals surface area contributed by atoms with Crippen LogP contribution in [0.5, 0.6) is 5.75 Å². The van der Waals surface area contributed by atoms with Crippen LogP contribution in [0, 0.1) is 0 Å². The van der Waals surface area contributed by atoms with E-state index in [1.807, 2.05) is 6.20 Å². The first-order valence-electron chi connectivity index (χ1n) is 12.6. The van der Waals surface area contributed by atoms with Gasteiger partial charge < -0.3 is 4.74 Å². The van der Waals surface area contributed by atoms with E-state index >= 15 is 0 Å². The zero-order valence-corrected chi connectivity index (χ0v) is 20.9. The van der Waals surface area contributed by atoms with Gasteiger partial charge in [-0.3, -0.25) is 9.88 Å². The maximum Gasteiger partial charge on any atom is 0.127 e. The van der Waals surface area contributed by atoms with E-state index in [1.54, 1.807) is 7.11 Å². The lowest BCUT2D eigenvalue weighted by Gasteiger charge is -2.24. The van der Waals surface area contributed by atoms with Crippen LogP contribution in [0.1, 0.15) is 68.7 Å². The number of hydrogen-bond acceptors (Lipinski definition) is 3. The molecule has 1 aromatic heterocycles. The quantitative estimate of drug-likeness (QED) is 0.256. The molecule has 1 heterocycles. The number of benzene rings is 2. The third kappa shape index (κ3) is 6.91. The van der Waals surface area contributed by atoms with E-state index < -0.39 is 0 Å². The van der Waals surface area contributed by atoms with Crippen LogP contribution in [0.2, 0.25) is 0 Å². The van der Waals surface area contributed by atoms with E-state index in [0.717, 1.165) is 49.5 Å². The Kier molecular flexibility index (Phi) is 9.96. The Morgan fingerprint density at radius 3 is 2.15 bits per heavy atom. The molecule has 2 aromatic carbocycles. The van der Waals surface area contributed by atoms with E-state index in [4.69, 9.17) is 9.72 Å². The number of unbranched alkanes of at least 4 members (excludes halogenated alkanes) is 3. The van der Waals surface area contributed by atoms with Gasteiger partial charge >= 0.3 is 0 Å². The molecule has 0 spiro atoms. The van der Waals surface area contributed by atoms with Gasteiger partial charge in [0.25, 0.3) is 0 Å². The number of pyridine rings is 1. The number of aromatic nitrogens is 1. The van der Waals surface area contributed by atoms with Crippen molar-refractivity contribution in [2.45, 2.75) is 72.4 Å². The van der Waals surface area contributed by atoms with Crippen LogP contribution >= 0.6 is 0 Å². The molecule has 0 amide bonds. The highest BCUT2D eigenvalue weighted by Gasteiger charge is 2.16. The molecule has 33 heavy (non-hydrogen) atoms. The summed E-state index contributed by atoms with van der Waals surface area (Å²) in [6, 6.07) is 19.5. The monoisotopic (exact) mass is 444 g/mol. The summed E-state index contributed by atoms with van der Waals surface area (Å²) in [5.41, 5.74) is 7.48. The van der Waals surface area contributed by atoms with Gasteiger partial charge in [-0.2, -0.15) is 0 Å². The molecular formula is C30H40N2O. The molecule has 3 rings (SSSR count). The Hall–Kier alpha value is -2.65. The van der Waals surface area contributed by atoms with Crippen LogP contribution in [0.25, 0.3) is 11.3 Å². The van der Waals surface area contributed by atoms with Gasteiger partial charge in [0.1, 0.15) is 5.75 Å². The highest BCUT2D eigenvalue weighted by molar-refractivity contribution is 5.69. The molecule has 3 aromatic rings. The topological polar surface area (TPSA) is 25.4 Å². The molecule has 3 heteroatoms. The maximum atomic E-state index is 5.88. The third-order valence-corrected chi connectivity index (χ3v) is 6.39. The van der Waals surface area contributed by atoms with E-state index in [2.05, 4.69) is 80.3 Å². The minimum absolute atomic E-state index is 0.841. The number of ether oxygens (including phenoxy) is 1. The largest absolute Gasteiger partial charge is 0.496 e. The maximum absolute atomic E-state index is 5.88. The molecule has 0 aliphatic carbocycles. The van der Waals surface area contributed by atoms with Crippen LogP contribution < -0.4 is 4.74 Å². The second-order valence-electron chi connectivity index (χ2n) is 8.80. The molecule has 0 radical (unpaired) electrons. The summed E-state index contributed by atoms with van der Waals surface area (Å²) in [4.78, 5) is 7.47. The number of methoxy groups -OCH3 is 1. The summed E-state index contributed by atoms with van der Waals surface area (Å²) in [6.45, 7) is 9.55. The second-order valence-corrected chi connectivity index (χ2v) is 8.80. The van der Waals surface area contributed by atoms with E-state index in [1.165, 1.54) is 47.9 Å². The van der Waals surface area contributed by atoms with Crippen molar-refractivity contribution in [2.24, 2.45) is 0 Å². The zero-order chi connectivity index (χ0) is 23.5. The van der Waals surface area contributed by atoms with Gasteiger partial charge in [0.05, 0.1) is 12.8 Å². The van der Waals surface area contributed by atoms with Crippen molar-refractivity contribution in [3.8, 4) is 17.0 Å². The Labute approximate surface area is 200 Å². The minimum atomic E-state index is 0.841. The molecule has 0 bridgehead atoms. The van der Waals surface area contributed by atoms with Gasteiger partial charge in [-0.25, -0.2) is 0 Å². The second kappa shape index (κ2) is 13.2. The normalized spacial score (nSPS) is 11.2. The Morgan fingerprint density at radius 2 is 1.52 bits per heavy atom. The third-order valence-electron chi connectivity index (χ3n) is 6.39. The van der Waals surface area contributed by atoms with Crippen molar-refractivity contribution in [1.82, 2.24) is 9.88 Å². The molecular weight excluding hydrogens is 404 g/mol. The van der Waals surface area contributed by atoms with Crippen LogP contribution in [0.4, 0.5) is 0 Å². The van der Waals surface area contributed by atoms with Crippen LogP contribution in [-0.2, 0) is 25.9 Å². The lowest BCUT2D eigenvalue weighted by Crippen LogP contribution is -2.24. The summed E-state index contributed by atoms with van der Waals surface area (Å²) >= 11 is 0. The Morgan fingerprint density at radius 1 is 0.788 bits per heavy atom.